The third kappa shape index (κ3) is 2.65. The average molecular weight is 297 g/mol. The molecule has 1 aromatic carbocycles. The van der Waals surface area contributed by atoms with Crippen LogP contribution in [0.4, 0.5) is 0 Å². The number of hydrogen-bond donors (Lipinski definition) is 2. The quantitative estimate of drug-likeness (QED) is 0.755. The van der Waals surface area contributed by atoms with Gasteiger partial charge in [0.15, 0.2) is 5.65 Å². The van der Waals surface area contributed by atoms with Crippen molar-refractivity contribution in [3.63, 3.8) is 0 Å². The lowest BCUT2D eigenvalue weighted by Gasteiger charge is -2.11. The molecule has 1 atom stereocenters. The molecular weight excluding hydrogens is 278 g/mol. The van der Waals surface area contributed by atoms with Crippen LogP contribution in [0.3, 0.4) is 0 Å². The average Bonchev–Trinajstić information content (AvgIpc) is 3.02. The van der Waals surface area contributed by atoms with Gasteiger partial charge in [0.25, 0.3) is 0 Å². The van der Waals surface area contributed by atoms with Crippen molar-refractivity contribution in [2.45, 2.75) is 25.8 Å². The molecule has 0 saturated carbocycles. The summed E-state index contributed by atoms with van der Waals surface area (Å²) in [6, 6.07) is 7.58. The number of aromatic nitrogens is 4. The van der Waals surface area contributed by atoms with Gasteiger partial charge in [0.05, 0.1) is 25.2 Å². The van der Waals surface area contributed by atoms with Gasteiger partial charge in [0, 0.05) is 5.56 Å². The number of hydrogen-bond acceptors (Lipinski definition) is 5. The van der Waals surface area contributed by atoms with Crippen LogP contribution in [-0.4, -0.2) is 27.0 Å². The van der Waals surface area contributed by atoms with Crippen molar-refractivity contribution in [2.24, 2.45) is 5.73 Å². The van der Waals surface area contributed by atoms with Crippen LogP contribution < -0.4 is 10.5 Å². The molecule has 0 spiro atoms. The van der Waals surface area contributed by atoms with E-state index in [0.717, 1.165) is 35.4 Å². The molecule has 2 aromatic heterocycles. The van der Waals surface area contributed by atoms with Crippen molar-refractivity contribution in [3.8, 4) is 17.0 Å². The first-order chi connectivity index (χ1) is 10.7. The smallest absolute Gasteiger partial charge is 0.181 e. The van der Waals surface area contributed by atoms with Crippen LogP contribution in [0.25, 0.3) is 22.4 Å². The number of H-pyrrole nitrogens is 1. The molecule has 0 bridgehead atoms. The van der Waals surface area contributed by atoms with E-state index in [2.05, 4.69) is 26.9 Å². The molecule has 0 saturated heterocycles. The summed E-state index contributed by atoms with van der Waals surface area (Å²) in [5.74, 6) is 1.44. The van der Waals surface area contributed by atoms with Gasteiger partial charge in [-0.2, -0.15) is 0 Å². The fourth-order valence-electron chi connectivity index (χ4n) is 2.41. The van der Waals surface area contributed by atoms with E-state index in [1.165, 1.54) is 0 Å². The Bertz CT molecular complexity index is 766. The highest BCUT2D eigenvalue weighted by Crippen LogP contribution is 2.27. The summed E-state index contributed by atoms with van der Waals surface area (Å²) in [5, 5.41) is 0. The van der Waals surface area contributed by atoms with Crippen LogP contribution in [0.1, 0.15) is 31.6 Å². The topological polar surface area (TPSA) is 89.7 Å². The Balaban J connectivity index is 2.11. The molecule has 6 nitrogen and oxygen atoms in total. The first kappa shape index (κ1) is 14.5. The summed E-state index contributed by atoms with van der Waals surface area (Å²) in [5.41, 5.74) is 9.42. The number of rotatable bonds is 5. The number of nitrogens with zero attached hydrogens (tertiary/aromatic N) is 3. The normalized spacial score (nSPS) is 12.5. The minimum Gasteiger partial charge on any atom is -0.497 e. The predicted molar refractivity (Wildman–Crippen MR) is 85.5 cm³/mol. The highest BCUT2D eigenvalue weighted by atomic mass is 16.5. The minimum atomic E-state index is -0.178. The maximum absolute atomic E-state index is 6.17. The molecule has 114 valence electrons. The number of aromatic amines is 1. The lowest BCUT2D eigenvalue weighted by molar-refractivity contribution is 0.415. The Morgan fingerprint density at radius 1 is 1.23 bits per heavy atom. The van der Waals surface area contributed by atoms with Crippen LogP contribution in [0, 0.1) is 0 Å². The Labute approximate surface area is 128 Å². The highest BCUT2D eigenvalue weighted by Gasteiger charge is 2.15. The fraction of sp³-hybridized carbons (Fsp3) is 0.312. The molecule has 6 heteroatoms. The third-order valence-electron chi connectivity index (χ3n) is 3.60. The second kappa shape index (κ2) is 6.11. The summed E-state index contributed by atoms with van der Waals surface area (Å²) in [6.45, 7) is 2.09. The van der Waals surface area contributed by atoms with E-state index in [1.807, 2.05) is 24.3 Å². The molecule has 0 radical (unpaired) electrons. The summed E-state index contributed by atoms with van der Waals surface area (Å²) < 4.78 is 5.20. The Morgan fingerprint density at radius 3 is 2.68 bits per heavy atom. The predicted octanol–water partition coefficient (Wildman–Crippen LogP) is 2.83. The van der Waals surface area contributed by atoms with Gasteiger partial charge in [-0.15, -0.1) is 0 Å². The van der Waals surface area contributed by atoms with Gasteiger partial charge in [0.1, 0.15) is 17.1 Å². The van der Waals surface area contributed by atoms with E-state index in [0.29, 0.717) is 11.5 Å². The number of fused-ring (bicyclic) bond motifs is 1. The Hall–Kier alpha value is -2.47. The number of imidazole rings is 1. The van der Waals surface area contributed by atoms with Gasteiger partial charge in [-0.05, 0) is 30.7 Å². The van der Waals surface area contributed by atoms with Crippen molar-refractivity contribution in [2.75, 3.05) is 7.11 Å². The van der Waals surface area contributed by atoms with E-state index in [1.54, 1.807) is 13.4 Å². The molecule has 22 heavy (non-hydrogen) atoms. The fourth-order valence-corrected chi connectivity index (χ4v) is 2.41. The number of methoxy groups -OCH3 is 1. The Morgan fingerprint density at radius 2 is 2.00 bits per heavy atom. The van der Waals surface area contributed by atoms with Crippen LogP contribution in [-0.2, 0) is 0 Å². The van der Waals surface area contributed by atoms with Crippen LogP contribution >= 0.6 is 0 Å². The second-order valence-corrected chi connectivity index (χ2v) is 5.16. The summed E-state index contributed by atoms with van der Waals surface area (Å²) >= 11 is 0. The largest absolute Gasteiger partial charge is 0.497 e. The third-order valence-corrected chi connectivity index (χ3v) is 3.60. The molecule has 2 heterocycles. The standard InChI is InChI=1S/C16H19N5O/c1-3-4-12(17)15-20-13(14-16(21-15)19-9-18-14)10-5-7-11(22-2)8-6-10/h5-9,12H,3-4,17H2,1-2H3,(H,18,19,20,21). The van der Waals surface area contributed by atoms with E-state index < -0.39 is 0 Å². The SMILES string of the molecule is CCCC(N)c1nc(-c2ccc(OC)cc2)c2[nH]cnc2n1. The molecule has 3 rings (SSSR count). The first-order valence-electron chi connectivity index (χ1n) is 7.34. The van der Waals surface area contributed by atoms with Crippen molar-refractivity contribution >= 4 is 11.2 Å². The molecule has 0 amide bonds. The number of benzene rings is 1. The molecule has 0 aliphatic rings. The summed E-state index contributed by atoms with van der Waals surface area (Å²) in [6.07, 6.45) is 3.46. The zero-order valence-electron chi connectivity index (χ0n) is 12.7. The van der Waals surface area contributed by atoms with Gasteiger partial charge in [-0.1, -0.05) is 13.3 Å². The van der Waals surface area contributed by atoms with Crippen LogP contribution in [0.2, 0.25) is 0 Å². The van der Waals surface area contributed by atoms with E-state index in [4.69, 9.17) is 10.5 Å². The molecule has 1 unspecified atom stereocenters. The molecule has 0 fully saturated rings. The van der Waals surface area contributed by atoms with E-state index in [9.17, 15) is 0 Å². The number of nitrogens with two attached hydrogens (primary N) is 1. The van der Waals surface area contributed by atoms with Gasteiger partial charge in [-0.3, -0.25) is 0 Å². The van der Waals surface area contributed by atoms with Crippen molar-refractivity contribution in [1.29, 1.82) is 0 Å². The lowest BCUT2D eigenvalue weighted by atomic mass is 10.1. The minimum absolute atomic E-state index is 0.178. The second-order valence-electron chi connectivity index (χ2n) is 5.16. The molecular formula is C16H19N5O. The van der Waals surface area contributed by atoms with Crippen molar-refractivity contribution in [1.82, 2.24) is 19.9 Å². The molecule has 3 aromatic rings. The van der Waals surface area contributed by atoms with Gasteiger partial charge < -0.3 is 15.5 Å². The maximum Gasteiger partial charge on any atom is 0.181 e. The monoisotopic (exact) mass is 297 g/mol. The molecule has 0 aliphatic heterocycles. The maximum atomic E-state index is 6.17. The van der Waals surface area contributed by atoms with E-state index in [-0.39, 0.29) is 6.04 Å². The highest BCUT2D eigenvalue weighted by molar-refractivity contribution is 5.87. The van der Waals surface area contributed by atoms with Gasteiger partial charge in [-0.25, -0.2) is 15.0 Å². The summed E-state index contributed by atoms with van der Waals surface area (Å²) in [4.78, 5) is 16.5. The zero-order chi connectivity index (χ0) is 15.5. The van der Waals surface area contributed by atoms with Crippen LogP contribution in [0.15, 0.2) is 30.6 Å². The lowest BCUT2D eigenvalue weighted by Crippen LogP contribution is -2.14. The zero-order valence-corrected chi connectivity index (χ0v) is 12.7. The van der Waals surface area contributed by atoms with Crippen molar-refractivity contribution < 1.29 is 4.74 Å². The first-order valence-corrected chi connectivity index (χ1v) is 7.34. The summed E-state index contributed by atoms with van der Waals surface area (Å²) in [7, 11) is 1.65. The molecule has 0 aliphatic carbocycles. The number of ether oxygens (including phenoxy) is 1. The van der Waals surface area contributed by atoms with Crippen LogP contribution in [0.5, 0.6) is 5.75 Å². The number of nitrogens with one attached hydrogen (secondary N) is 1. The van der Waals surface area contributed by atoms with Gasteiger partial charge in [0.2, 0.25) is 0 Å². The molecule has 3 N–H and O–H groups in total. The van der Waals surface area contributed by atoms with E-state index >= 15 is 0 Å². The van der Waals surface area contributed by atoms with Gasteiger partial charge >= 0.3 is 0 Å². The van der Waals surface area contributed by atoms with Crippen molar-refractivity contribution in [3.05, 3.63) is 36.4 Å². The Kier molecular flexibility index (Phi) is 4.02.